The molecule has 1 rings (SSSR count). The third-order valence-corrected chi connectivity index (χ3v) is 1.43. The molecule has 1 heterocycles. The molecule has 1 aliphatic rings. The maximum absolute atomic E-state index is 10.9. The molecule has 0 aliphatic carbocycles. The zero-order chi connectivity index (χ0) is 8.10. The summed E-state index contributed by atoms with van der Waals surface area (Å²) in [6.45, 7) is 4.28. The van der Waals surface area contributed by atoms with Gasteiger partial charge in [0.05, 0.1) is 0 Å². The normalized spacial score (nSPS) is 17.8. The molecule has 0 fully saturated rings. The monoisotopic (exact) mass is 149 g/mol. The second-order valence-electron chi connectivity index (χ2n) is 2.34. The highest BCUT2D eigenvalue weighted by atomic mass is 16.1. The van der Waals surface area contributed by atoms with Gasteiger partial charge in [-0.3, -0.25) is 4.79 Å². The molecule has 1 aliphatic heterocycles. The fourth-order valence-electron chi connectivity index (χ4n) is 0.905. The van der Waals surface area contributed by atoms with Gasteiger partial charge in [-0.25, -0.2) is 0 Å². The lowest BCUT2D eigenvalue weighted by Gasteiger charge is -2.10. The summed E-state index contributed by atoms with van der Waals surface area (Å²) >= 11 is 0. The fourth-order valence-corrected chi connectivity index (χ4v) is 0.905. The molecule has 0 aromatic heterocycles. The lowest BCUT2D eigenvalue weighted by molar-refractivity contribution is -0.114. The Balaban J connectivity index is 2.63. The predicted octanol–water partition coefficient (Wildman–Crippen LogP) is 1.17. The van der Waals surface area contributed by atoms with Gasteiger partial charge in [-0.05, 0) is 6.08 Å². The van der Waals surface area contributed by atoms with Gasteiger partial charge in [0.15, 0.2) is 5.78 Å². The highest BCUT2D eigenvalue weighted by molar-refractivity contribution is 5.91. The second-order valence-corrected chi connectivity index (χ2v) is 2.34. The predicted molar refractivity (Wildman–Crippen MR) is 45.0 cm³/mol. The summed E-state index contributed by atoms with van der Waals surface area (Å²) < 4.78 is 0. The van der Waals surface area contributed by atoms with Crippen LogP contribution in [0.4, 0.5) is 0 Å². The minimum atomic E-state index is 0.187. The molecule has 0 radical (unpaired) electrons. The quantitative estimate of drug-likeness (QED) is 0.597. The van der Waals surface area contributed by atoms with E-state index in [4.69, 9.17) is 0 Å². The van der Waals surface area contributed by atoms with Gasteiger partial charge in [0.2, 0.25) is 0 Å². The van der Waals surface area contributed by atoms with E-state index in [1.807, 2.05) is 6.08 Å². The van der Waals surface area contributed by atoms with E-state index in [0.717, 1.165) is 12.2 Å². The molecule has 0 amide bonds. The van der Waals surface area contributed by atoms with Gasteiger partial charge >= 0.3 is 0 Å². The molecule has 0 aromatic carbocycles. The van der Waals surface area contributed by atoms with Gasteiger partial charge < -0.3 is 5.32 Å². The SMILES string of the molecule is C=CC=CC1=CC(=O)CCN1. The topological polar surface area (TPSA) is 29.1 Å². The van der Waals surface area contributed by atoms with Gasteiger partial charge in [-0.15, -0.1) is 0 Å². The smallest absolute Gasteiger partial charge is 0.159 e. The Labute approximate surface area is 66.3 Å². The molecular weight excluding hydrogens is 138 g/mol. The lowest BCUT2D eigenvalue weighted by Crippen LogP contribution is -2.22. The zero-order valence-electron chi connectivity index (χ0n) is 6.34. The summed E-state index contributed by atoms with van der Waals surface area (Å²) in [5, 5.41) is 3.09. The number of hydrogen-bond donors (Lipinski definition) is 1. The van der Waals surface area contributed by atoms with Gasteiger partial charge in [0, 0.05) is 24.7 Å². The van der Waals surface area contributed by atoms with Crippen molar-refractivity contribution in [2.75, 3.05) is 6.54 Å². The number of carbonyl (C=O) groups excluding carboxylic acids is 1. The Kier molecular flexibility index (Phi) is 2.66. The van der Waals surface area contributed by atoms with Crippen LogP contribution in [0.2, 0.25) is 0 Å². The number of hydrogen-bond acceptors (Lipinski definition) is 2. The van der Waals surface area contributed by atoms with Crippen molar-refractivity contribution < 1.29 is 4.79 Å². The molecule has 0 spiro atoms. The van der Waals surface area contributed by atoms with Crippen LogP contribution in [0.15, 0.2) is 36.6 Å². The van der Waals surface area contributed by atoms with Crippen LogP contribution in [-0.2, 0) is 4.79 Å². The third-order valence-electron chi connectivity index (χ3n) is 1.43. The molecule has 11 heavy (non-hydrogen) atoms. The van der Waals surface area contributed by atoms with Crippen molar-refractivity contribution in [2.45, 2.75) is 6.42 Å². The van der Waals surface area contributed by atoms with Crippen LogP contribution in [0.1, 0.15) is 6.42 Å². The number of rotatable bonds is 2. The van der Waals surface area contributed by atoms with E-state index in [1.165, 1.54) is 0 Å². The Hall–Kier alpha value is -1.31. The number of carbonyl (C=O) groups is 1. The van der Waals surface area contributed by atoms with Crippen molar-refractivity contribution in [2.24, 2.45) is 0 Å². The van der Waals surface area contributed by atoms with Crippen molar-refractivity contribution >= 4 is 5.78 Å². The largest absolute Gasteiger partial charge is 0.384 e. The number of nitrogens with one attached hydrogen (secondary N) is 1. The number of allylic oxidation sites excluding steroid dienone is 4. The average Bonchev–Trinajstić information content (AvgIpc) is 2.01. The van der Waals surface area contributed by atoms with Gasteiger partial charge in [0.25, 0.3) is 0 Å². The second kappa shape index (κ2) is 3.76. The Morgan fingerprint density at radius 1 is 1.64 bits per heavy atom. The summed E-state index contributed by atoms with van der Waals surface area (Å²) in [5.41, 5.74) is 0.876. The molecule has 0 atom stereocenters. The zero-order valence-corrected chi connectivity index (χ0v) is 6.34. The molecule has 2 nitrogen and oxygen atoms in total. The Bertz CT molecular complexity index is 226. The summed E-state index contributed by atoms with van der Waals surface area (Å²) in [7, 11) is 0. The molecule has 0 saturated carbocycles. The summed E-state index contributed by atoms with van der Waals surface area (Å²) in [4.78, 5) is 10.9. The van der Waals surface area contributed by atoms with Gasteiger partial charge in [0.1, 0.15) is 0 Å². The van der Waals surface area contributed by atoms with Gasteiger partial charge in [-0.1, -0.05) is 18.7 Å². The maximum Gasteiger partial charge on any atom is 0.159 e. The van der Waals surface area contributed by atoms with Crippen LogP contribution in [0.5, 0.6) is 0 Å². The van der Waals surface area contributed by atoms with Crippen LogP contribution in [0.3, 0.4) is 0 Å². The van der Waals surface area contributed by atoms with E-state index < -0.39 is 0 Å². The van der Waals surface area contributed by atoms with Crippen molar-refractivity contribution in [1.29, 1.82) is 0 Å². The molecule has 2 heteroatoms. The van der Waals surface area contributed by atoms with Crippen LogP contribution >= 0.6 is 0 Å². The molecule has 0 unspecified atom stereocenters. The fraction of sp³-hybridized carbons (Fsp3) is 0.222. The maximum atomic E-state index is 10.9. The van der Waals surface area contributed by atoms with E-state index in [2.05, 4.69) is 11.9 Å². The first-order valence-electron chi connectivity index (χ1n) is 3.60. The van der Waals surface area contributed by atoms with Crippen LogP contribution in [0, 0.1) is 0 Å². The summed E-state index contributed by atoms with van der Waals surface area (Å²) in [6, 6.07) is 0. The van der Waals surface area contributed by atoms with Crippen LogP contribution in [0.25, 0.3) is 0 Å². The van der Waals surface area contributed by atoms with E-state index in [9.17, 15) is 4.79 Å². The van der Waals surface area contributed by atoms with E-state index in [1.54, 1.807) is 18.2 Å². The molecule has 58 valence electrons. The molecular formula is C9H11NO. The highest BCUT2D eigenvalue weighted by Gasteiger charge is 2.04. The summed E-state index contributed by atoms with van der Waals surface area (Å²) in [6.07, 6.45) is 7.54. The van der Waals surface area contributed by atoms with Crippen LogP contribution in [-0.4, -0.2) is 12.3 Å². The Morgan fingerprint density at radius 2 is 2.45 bits per heavy atom. The Morgan fingerprint density at radius 3 is 3.09 bits per heavy atom. The minimum Gasteiger partial charge on any atom is -0.384 e. The third kappa shape index (κ3) is 2.42. The average molecular weight is 149 g/mol. The molecule has 0 aromatic rings. The molecule has 0 bridgehead atoms. The molecule has 0 saturated heterocycles. The van der Waals surface area contributed by atoms with Crippen LogP contribution < -0.4 is 5.32 Å². The van der Waals surface area contributed by atoms with E-state index >= 15 is 0 Å². The number of ketones is 1. The van der Waals surface area contributed by atoms with E-state index in [0.29, 0.717) is 6.42 Å². The first kappa shape index (κ1) is 7.79. The van der Waals surface area contributed by atoms with Crippen molar-refractivity contribution in [3.05, 3.63) is 36.6 Å². The standard InChI is InChI=1S/C9H11NO/c1-2-3-4-8-7-9(11)5-6-10-8/h2-4,7,10H,1,5-6H2. The van der Waals surface area contributed by atoms with E-state index in [-0.39, 0.29) is 5.78 Å². The highest BCUT2D eigenvalue weighted by Crippen LogP contribution is 2.00. The minimum absolute atomic E-state index is 0.187. The first-order valence-corrected chi connectivity index (χ1v) is 3.60. The van der Waals surface area contributed by atoms with Gasteiger partial charge in [-0.2, -0.15) is 0 Å². The first-order chi connectivity index (χ1) is 5.33. The molecule has 1 N–H and O–H groups in total. The van der Waals surface area contributed by atoms with Crippen molar-refractivity contribution in [3.8, 4) is 0 Å². The summed E-state index contributed by atoms with van der Waals surface area (Å²) in [5.74, 6) is 0.187. The van der Waals surface area contributed by atoms with Crippen molar-refractivity contribution in [3.63, 3.8) is 0 Å². The van der Waals surface area contributed by atoms with Crippen molar-refractivity contribution in [1.82, 2.24) is 5.32 Å². The lowest BCUT2D eigenvalue weighted by atomic mass is 10.1.